The van der Waals surface area contributed by atoms with Gasteiger partial charge in [-0.3, -0.25) is 9.78 Å². The van der Waals surface area contributed by atoms with E-state index in [9.17, 15) is 4.79 Å². The van der Waals surface area contributed by atoms with Gasteiger partial charge in [0.25, 0.3) is 0 Å². The molecular weight excluding hydrogens is 234 g/mol. The Morgan fingerprint density at radius 3 is 3.00 bits per heavy atom. The van der Waals surface area contributed by atoms with Crippen molar-refractivity contribution in [2.24, 2.45) is 5.73 Å². The van der Waals surface area contributed by atoms with Crippen LogP contribution in [0.3, 0.4) is 0 Å². The second-order valence-electron chi connectivity index (χ2n) is 3.90. The van der Waals surface area contributed by atoms with Crippen LogP contribution in [0.15, 0.2) is 24.5 Å². The summed E-state index contributed by atoms with van der Waals surface area (Å²) >= 11 is 1.69. The maximum atomic E-state index is 11.8. The maximum Gasteiger partial charge on any atom is 0.237 e. The normalized spacial score (nSPS) is 14.1. The van der Waals surface area contributed by atoms with Gasteiger partial charge in [-0.25, -0.2) is 0 Å². The summed E-state index contributed by atoms with van der Waals surface area (Å²) < 4.78 is 0. The highest BCUT2D eigenvalue weighted by Crippen LogP contribution is 2.10. The molecule has 94 valence electrons. The Labute approximate surface area is 106 Å². The average Bonchev–Trinajstić information content (AvgIpc) is 2.36. The van der Waals surface area contributed by atoms with Gasteiger partial charge in [-0.15, -0.1) is 0 Å². The number of hydrogen-bond acceptors (Lipinski definition) is 4. The molecule has 4 nitrogen and oxygen atoms in total. The minimum atomic E-state index is -0.429. The monoisotopic (exact) mass is 253 g/mol. The van der Waals surface area contributed by atoms with E-state index in [-0.39, 0.29) is 11.9 Å². The molecule has 0 aliphatic carbocycles. The van der Waals surface area contributed by atoms with Gasteiger partial charge in [-0.05, 0) is 37.0 Å². The standard InChI is InChI=1S/C12H19N3OS/c1-9(10-4-3-6-14-8-10)15-12(16)11(13)5-7-17-2/h3-4,6,8-9,11H,5,7,13H2,1-2H3,(H,15,16)/t9-,11-/m0/s1. The van der Waals surface area contributed by atoms with Gasteiger partial charge < -0.3 is 11.1 Å². The lowest BCUT2D eigenvalue weighted by Crippen LogP contribution is -2.41. The van der Waals surface area contributed by atoms with Crippen molar-refractivity contribution in [1.29, 1.82) is 0 Å². The molecule has 5 heteroatoms. The second kappa shape index (κ2) is 7.29. The second-order valence-corrected chi connectivity index (χ2v) is 4.89. The Hall–Kier alpha value is -1.07. The Bertz CT molecular complexity index is 345. The van der Waals surface area contributed by atoms with Gasteiger partial charge in [-0.1, -0.05) is 6.07 Å². The minimum Gasteiger partial charge on any atom is -0.348 e. The van der Waals surface area contributed by atoms with Crippen LogP contribution < -0.4 is 11.1 Å². The maximum absolute atomic E-state index is 11.8. The summed E-state index contributed by atoms with van der Waals surface area (Å²) in [5.74, 6) is 0.797. The SMILES string of the molecule is CSCC[C@H](N)C(=O)N[C@@H](C)c1cccnc1. The lowest BCUT2D eigenvalue weighted by atomic mass is 10.1. The van der Waals surface area contributed by atoms with E-state index in [0.717, 1.165) is 11.3 Å². The highest BCUT2D eigenvalue weighted by atomic mass is 32.2. The van der Waals surface area contributed by atoms with E-state index < -0.39 is 6.04 Å². The van der Waals surface area contributed by atoms with Crippen LogP contribution in [-0.4, -0.2) is 28.9 Å². The first-order chi connectivity index (χ1) is 8.15. The minimum absolute atomic E-state index is 0.0588. The fourth-order valence-corrected chi connectivity index (χ4v) is 1.90. The van der Waals surface area contributed by atoms with Crippen LogP contribution in [0.1, 0.15) is 24.9 Å². The highest BCUT2D eigenvalue weighted by Gasteiger charge is 2.15. The average molecular weight is 253 g/mol. The number of amides is 1. The van der Waals surface area contributed by atoms with Crippen LogP contribution in [0, 0.1) is 0 Å². The molecule has 1 rings (SSSR count). The lowest BCUT2D eigenvalue weighted by Gasteiger charge is -2.17. The van der Waals surface area contributed by atoms with Gasteiger partial charge in [-0.2, -0.15) is 11.8 Å². The molecule has 1 aromatic rings. The molecular formula is C12H19N3OS. The number of carbonyl (C=O) groups is 1. The Morgan fingerprint density at radius 1 is 1.65 bits per heavy atom. The van der Waals surface area contributed by atoms with Crippen molar-refractivity contribution < 1.29 is 4.79 Å². The van der Waals surface area contributed by atoms with Crippen molar-refractivity contribution >= 4 is 17.7 Å². The van der Waals surface area contributed by atoms with Crippen LogP contribution in [-0.2, 0) is 4.79 Å². The smallest absolute Gasteiger partial charge is 0.237 e. The summed E-state index contributed by atoms with van der Waals surface area (Å²) in [4.78, 5) is 15.8. The van der Waals surface area contributed by atoms with Gasteiger partial charge in [0.15, 0.2) is 0 Å². The van der Waals surface area contributed by atoms with Crippen molar-refractivity contribution in [1.82, 2.24) is 10.3 Å². The molecule has 3 N–H and O–H groups in total. The van der Waals surface area contributed by atoms with Crippen molar-refractivity contribution in [2.45, 2.75) is 25.4 Å². The molecule has 0 aromatic carbocycles. The van der Waals surface area contributed by atoms with Gasteiger partial charge in [0.1, 0.15) is 0 Å². The van der Waals surface area contributed by atoms with Crippen LogP contribution in [0.4, 0.5) is 0 Å². The Morgan fingerprint density at radius 2 is 2.41 bits per heavy atom. The molecule has 0 saturated carbocycles. The quantitative estimate of drug-likeness (QED) is 0.803. The molecule has 0 saturated heterocycles. The largest absolute Gasteiger partial charge is 0.348 e. The molecule has 0 aliphatic heterocycles. The number of carbonyl (C=O) groups excluding carboxylic acids is 1. The van der Waals surface area contributed by atoms with E-state index in [0.29, 0.717) is 6.42 Å². The zero-order chi connectivity index (χ0) is 12.7. The van der Waals surface area contributed by atoms with E-state index in [1.807, 2.05) is 25.3 Å². The zero-order valence-corrected chi connectivity index (χ0v) is 11.0. The van der Waals surface area contributed by atoms with Crippen molar-refractivity contribution in [3.8, 4) is 0 Å². The van der Waals surface area contributed by atoms with Crippen LogP contribution in [0.25, 0.3) is 0 Å². The summed E-state index contributed by atoms with van der Waals surface area (Å²) in [7, 11) is 0. The number of rotatable bonds is 6. The first-order valence-corrected chi connectivity index (χ1v) is 6.99. The third-order valence-corrected chi connectivity index (χ3v) is 3.16. The van der Waals surface area contributed by atoms with Gasteiger partial charge >= 0.3 is 0 Å². The number of nitrogens with one attached hydrogen (secondary N) is 1. The number of nitrogens with two attached hydrogens (primary N) is 1. The molecule has 1 aromatic heterocycles. The molecule has 1 amide bonds. The van der Waals surface area contributed by atoms with E-state index in [1.165, 1.54) is 0 Å². The Balaban J connectivity index is 2.46. The molecule has 1 heterocycles. The molecule has 0 fully saturated rings. The van der Waals surface area contributed by atoms with Crippen molar-refractivity contribution in [3.05, 3.63) is 30.1 Å². The summed E-state index contributed by atoms with van der Waals surface area (Å²) in [6.07, 6.45) is 6.16. The Kier molecular flexibility index (Phi) is 6.00. The van der Waals surface area contributed by atoms with Gasteiger partial charge in [0.05, 0.1) is 12.1 Å². The number of hydrogen-bond donors (Lipinski definition) is 2. The number of nitrogens with zero attached hydrogens (tertiary/aromatic N) is 1. The topological polar surface area (TPSA) is 68.0 Å². The summed E-state index contributed by atoms with van der Waals surface area (Å²) in [5.41, 5.74) is 6.77. The van der Waals surface area contributed by atoms with Crippen LogP contribution in [0.2, 0.25) is 0 Å². The molecule has 0 spiro atoms. The summed E-state index contributed by atoms with van der Waals surface area (Å²) in [6.45, 7) is 1.93. The summed E-state index contributed by atoms with van der Waals surface area (Å²) in [5, 5.41) is 2.89. The van der Waals surface area contributed by atoms with Gasteiger partial charge in [0.2, 0.25) is 5.91 Å². The first-order valence-electron chi connectivity index (χ1n) is 5.60. The zero-order valence-electron chi connectivity index (χ0n) is 10.2. The predicted molar refractivity (Wildman–Crippen MR) is 71.8 cm³/mol. The molecule has 17 heavy (non-hydrogen) atoms. The van der Waals surface area contributed by atoms with E-state index in [1.54, 1.807) is 24.2 Å². The molecule has 0 bridgehead atoms. The molecule has 2 atom stereocenters. The number of aromatic nitrogens is 1. The fourth-order valence-electron chi connectivity index (χ4n) is 1.41. The van der Waals surface area contributed by atoms with Crippen LogP contribution >= 0.6 is 11.8 Å². The van der Waals surface area contributed by atoms with Crippen LogP contribution in [0.5, 0.6) is 0 Å². The van der Waals surface area contributed by atoms with Crippen molar-refractivity contribution in [2.75, 3.05) is 12.0 Å². The van der Waals surface area contributed by atoms with Crippen molar-refractivity contribution in [3.63, 3.8) is 0 Å². The number of thioether (sulfide) groups is 1. The van der Waals surface area contributed by atoms with E-state index in [4.69, 9.17) is 5.73 Å². The molecule has 0 radical (unpaired) electrons. The van der Waals surface area contributed by atoms with Gasteiger partial charge in [0, 0.05) is 12.4 Å². The highest BCUT2D eigenvalue weighted by molar-refractivity contribution is 7.98. The number of pyridine rings is 1. The van der Waals surface area contributed by atoms with E-state index >= 15 is 0 Å². The van der Waals surface area contributed by atoms with E-state index in [2.05, 4.69) is 10.3 Å². The lowest BCUT2D eigenvalue weighted by molar-refractivity contribution is -0.123. The molecule has 0 aliphatic rings. The first kappa shape index (κ1) is 14.0. The fraction of sp³-hybridized carbons (Fsp3) is 0.500. The predicted octanol–water partition coefficient (Wildman–Crippen LogP) is 1.34. The molecule has 0 unspecified atom stereocenters. The third kappa shape index (κ3) is 4.75. The summed E-state index contributed by atoms with van der Waals surface area (Å²) in [6, 6.07) is 3.30. The third-order valence-electron chi connectivity index (χ3n) is 2.51.